The van der Waals surface area contributed by atoms with Crippen molar-refractivity contribution in [2.24, 2.45) is 0 Å². The molecule has 1 aromatic rings. The molecule has 1 saturated heterocycles. The van der Waals surface area contributed by atoms with Gasteiger partial charge in [0.25, 0.3) is 0 Å². The number of hydrogen-bond acceptors (Lipinski definition) is 3. The number of carbonyl (C=O) groups excluding carboxylic acids is 1. The van der Waals surface area contributed by atoms with Crippen LogP contribution in [0, 0.1) is 0 Å². The molecule has 0 saturated carbocycles. The molecule has 20 heavy (non-hydrogen) atoms. The van der Waals surface area contributed by atoms with Crippen LogP contribution in [0.15, 0.2) is 24.3 Å². The first-order valence-electron chi connectivity index (χ1n) is 7.05. The van der Waals surface area contributed by atoms with Gasteiger partial charge in [0.2, 0.25) is 5.91 Å². The number of benzene rings is 1. The van der Waals surface area contributed by atoms with Crippen LogP contribution < -0.4 is 5.32 Å². The third-order valence-electron chi connectivity index (χ3n) is 3.71. The maximum Gasteiger partial charge on any atom is 0.238 e. The van der Waals surface area contributed by atoms with Crippen LogP contribution in [-0.4, -0.2) is 35.9 Å². The number of nitrogens with zero attached hydrogens (tertiary/aromatic N) is 1. The molecule has 0 bridgehead atoms. The Balaban J connectivity index is 2.16. The SMILES string of the molecule is CSCCN1C(=O)CNC1c1ccc(C(C)(C)C)cc1. The summed E-state index contributed by atoms with van der Waals surface area (Å²) in [4.78, 5) is 13.9. The molecule has 1 aliphatic heterocycles. The fraction of sp³-hybridized carbons (Fsp3) is 0.562. The first-order chi connectivity index (χ1) is 9.43. The van der Waals surface area contributed by atoms with E-state index in [1.165, 1.54) is 11.1 Å². The van der Waals surface area contributed by atoms with Gasteiger partial charge in [-0.25, -0.2) is 0 Å². The molecule has 2 rings (SSSR count). The van der Waals surface area contributed by atoms with Crippen LogP contribution in [0.5, 0.6) is 0 Å². The first kappa shape index (κ1) is 15.4. The van der Waals surface area contributed by atoms with Gasteiger partial charge in [0.15, 0.2) is 0 Å². The Morgan fingerprint density at radius 3 is 2.50 bits per heavy atom. The van der Waals surface area contributed by atoms with Gasteiger partial charge in [0, 0.05) is 12.3 Å². The predicted octanol–water partition coefficient (Wildman–Crippen LogP) is 2.78. The monoisotopic (exact) mass is 292 g/mol. The van der Waals surface area contributed by atoms with E-state index in [9.17, 15) is 4.79 Å². The number of rotatable bonds is 4. The predicted molar refractivity (Wildman–Crippen MR) is 86.0 cm³/mol. The highest BCUT2D eigenvalue weighted by molar-refractivity contribution is 7.98. The van der Waals surface area contributed by atoms with Crippen molar-refractivity contribution in [3.05, 3.63) is 35.4 Å². The van der Waals surface area contributed by atoms with Crippen molar-refractivity contribution in [2.75, 3.05) is 25.1 Å². The lowest BCUT2D eigenvalue weighted by molar-refractivity contribution is -0.127. The number of hydrogen-bond donors (Lipinski definition) is 1. The summed E-state index contributed by atoms with van der Waals surface area (Å²) in [7, 11) is 0. The summed E-state index contributed by atoms with van der Waals surface area (Å²) in [6, 6.07) is 8.63. The third-order valence-corrected chi connectivity index (χ3v) is 4.30. The molecule has 1 amide bonds. The Morgan fingerprint density at radius 2 is 1.95 bits per heavy atom. The highest BCUT2D eigenvalue weighted by atomic mass is 32.2. The fourth-order valence-electron chi connectivity index (χ4n) is 2.45. The minimum absolute atomic E-state index is 0.0312. The van der Waals surface area contributed by atoms with Gasteiger partial charge in [-0.1, -0.05) is 45.0 Å². The molecule has 0 aliphatic carbocycles. The lowest BCUT2D eigenvalue weighted by atomic mass is 9.86. The molecule has 0 radical (unpaired) electrons. The molecular formula is C16H24N2OS. The summed E-state index contributed by atoms with van der Waals surface area (Å²) < 4.78 is 0. The van der Waals surface area contributed by atoms with E-state index in [0.29, 0.717) is 6.54 Å². The van der Waals surface area contributed by atoms with Gasteiger partial charge in [-0.15, -0.1) is 0 Å². The molecule has 0 spiro atoms. The standard InChI is InChI=1S/C16H24N2OS/c1-16(2,3)13-7-5-12(6-8-13)15-17-11-14(19)18(15)9-10-20-4/h5-8,15,17H,9-11H2,1-4H3. The molecule has 1 atom stereocenters. The summed E-state index contributed by atoms with van der Waals surface area (Å²) >= 11 is 1.77. The first-order valence-corrected chi connectivity index (χ1v) is 8.45. The van der Waals surface area contributed by atoms with Crippen LogP contribution in [0.4, 0.5) is 0 Å². The van der Waals surface area contributed by atoms with Crippen molar-refractivity contribution in [3.8, 4) is 0 Å². The van der Waals surface area contributed by atoms with Crippen LogP contribution >= 0.6 is 11.8 Å². The van der Waals surface area contributed by atoms with Gasteiger partial charge in [0.1, 0.15) is 6.17 Å². The van der Waals surface area contributed by atoms with Crippen molar-refractivity contribution in [1.29, 1.82) is 0 Å². The second-order valence-corrected chi connectivity index (χ2v) is 7.22. The zero-order valence-electron chi connectivity index (χ0n) is 12.8. The largest absolute Gasteiger partial charge is 0.321 e. The van der Waals surface area contributed by atoms with Crippen molar-refractivity contribution < 1.29 is 4.79 Å². The highest BCUT2D eigenvalue weighted by Crippen LogP contribution is 2.27. The maximum atomic E-state index is 11.9. The van der Waals surface area contributed by atoms with E-state index in [-0.39, 0.29) is 17.5 Å². The topological polar surface area (TPSA) is 32.3 Å². The minimum Gasteiger partial charge on any atom is -0.321 e. The molecule has 1 aliphatic rings. The molecule has 1 aromatic carbocycles. The van der Waals surface area contributed by atoms with E-state index in [0.717, 1.165) is 12.3 Å². The Kier molecular flexibility index (Phi) is 4.76. The second-order valence-electron chi connectivity index (χ2n) is 6.24. The van der Waals surface area contributed by atoms with Gasteiger partial charge in [-0.05, 0) is 22.8 Å². The summed E-state index contributed by atoms with van der Waals surface area (Å²) in [6.07, 6.45) is 2.10. The average molecular weight is 292 g/mol. The molecule has 1 N–H and O–H groups in total. The van der Waals surface area contributed by atoms with Crippen LogP contribution in [0.1, 0.15) is 38.1 Å². The van der Waals surface area contributed by atoms with E-state index in [2.05, 4.69) is 56.6 Å². The van der Waals surface area contributed by atoms with E-state index >= 15 is 0 Å². The van der Waals surface area contributed by atoms with Gasteiger partial charge in [0.05, 0.1) is 6.54 Å². The Morgan fingerprint density at radius 1 is 1.30 bits per heavy atom. The Bertz CT molecular complexity index is 464. The van der Waals surface area contributed by atoms with Gasteiger partial charge in [-0.2, -0.15) is 11.8 Å². The van der Waals surface area contributed by atoms with Crippen molar-refractivity contribution >= 4 is 17.7 Å². The molecule has 1 fully saturated rings. The second kappa shape index (κ2) is 6.19. The van der Waals surface area contributed by atoms with Gasteiger partial charge >= 0.3 is 0 Å². The van der Waals surface area contributed by atoms with Crippen LogP contribution in [0.25, 0.3) is 0 Å². The summed E-state index contributed by atoms with van der Waals surface area (Å²) in [5.41, 5.74) is 2.65. The molecular weight excluding hydrogens is 268 g/mol. The number of amides is 1. The van der Waals surface area contributed by atoms with E-state index in [1.54, 1.807) is 11.8 Å². The van der Waals surface area contributed by atoms with E-state index in [1.807, 2.05) is 4.90 Å². The smallest absolute Gasteiger partial charge is 0.238 e. The molecule has 1 unspecified atom stereocenters. The van der Waals surface area contributed by atoms with Crippen molar-refractivity contribution in [1.82, 2.24) is 10.2 Å². The zero-order valence-corrected chi connectivity index (χ0v) is 13.6. The molecule has 0 aromatic heterocycles. The highest BCUT2D eigenvalue weighted by Gasteiger charge is 2.31. The van der Waals surface area contributed by atoms with E-state index < -0.39 is 0 Å². The molecule has 1 heterocycles. The van der Waals surface area contributed by atoms with Crippen molar-refractivity contribution in [2.45, 2.75) is 32.4 Å². The minimum atomic E-state index is 0.0312. The maximum absolute atomic E-state index is 11.9. The average Bonchev–Trinajstić information content (AvgIpc) is 2.77. The van der Waals surface area contributed by atoms with Gasteiger partial charge in [-0.3, -0.25) is 10.1 Å². The lowest BCUT2D eigenvalue weighted by Gasteiger charge is -2.25. The van der Waals surface area contributed by atoms with Crippen LogP contribution in [-0.2, 0) is 10.2 Å². The summed E-state index contributed by atoms with van der Waals surface area (Å²) in [6.45, 7) is 7.89. The quantitative estimate of drug-likeness (QED) is 0.926. The fourth-order valence-corrected chi connectivity index (χ4v) is 2.83. The van der Waals surface area contributed by atoms with Crippen LogP contribution in [0.2, 0.25) is 0 Å². The number of carbonyl (C=O) groups is 1. The Labute approximate surface area is 126 Å². The van der Waals surface area contributed by atoms with Crippen LogP contribution in [0.3, 0.4) is 0 Å². The molecule has 4 heteroatoms. The summed E-state index contributed by atoms with van der Waals surface area (Å²) in [5.74, 6) is 1.17. The molecule has 110 valence electrons. The zero-order chi connectivity index (χ0) is 14.8. The third kappa shape index (κ3) is 3.36. The summed E-state index contributed by atoms with van der Waals surface area (Å²) in [5, 5.41) is 3.31. The number of nitrogens with one attached hydrogen (secondary N) is 1. The van der Waals surface area contributed by atoms with E-state index in [4.69, 9.17) is 0 Å². The molecule has 3 nitrogen and oxygen atoms in total. The van der Waals surface area contributed by atoms with Gasteiger partial charge < -0.3 is 4.90 Å². The lowest BCUT2D eigenvalue weighted by Crippen LogP contribution is -2.32. The normalized spacial score (nSPS) is 19.7. The Hall–Kier alpha value is -1.00. The number of thioether (sulfide) groups is 1. The van der Waals surface area contributed by atoms with Crippen molar-refractivity contribution in [3.63, 3.8) is 0 Å².